The third-order valence-electron chi connectivity index (χ3n) is 0.204. The Morgan fingerprint density at radius 3 is 2.00 bits per heavy atom. The highest BCUT2D eigenvalue weighted by Crippen LogP contribution is 1.61. The Labute approximate surface area is 40.4 Å². The van der Waals surface area contributed by atoms with Crippen LogP contribution < -0.4 is 0 Å². The van der Waals surface area contributed by atoms with Gasteiger partial charge in [0.25, 0.3) is 0 Å². The van der Waals surface area contributed by atoms with Gasteiger partial charge in [0.2, 0.25) is 0 Å². The molecule has 0 spiro atoms. The Morgan fingerprint density at radius 1 is 1.80 bits per heavy atom. The lowest BCUT2D eigenvalue weighted by molar-refractivity contribution is 0.824. The first-order valence-electron chi connectivity index (χ1n) is 1.32. The van der Waals surface area contributed by atoms with Gasteiger partial charge in [-0.15, -0.1) is 12.7 Å². The topological polar surface area (TPSA) is 31.5 Å². The predicted octanol–water partition coefficient (Wildman–Crippen LogP) is -0.333. The molecule has 2 N–H and O–H groups in total. The van der Waals surface area contributed by atoms with Crippen LogP contribution in [0.3, 0.4) is 0 Å². The van der Waals surface area contributed by atoms with Crippen molar-refractivity contribution in [2.24, 2.45) is 0 Å². The molecular formula is C3H8AlO. The van der Waals surface area contributed by atoms with Crippen molar-refractivity contribution in [3.8, 4) is 0 Å². The molecule has 0 rings (SSSR count). The minimum absolute atomic E-state index is 0. The second-order valence-electron chi connectivity index (χ2n) is 0.577. The maximum atomic E-state index is 3.49. The van der Waals surface area contributed by atoms with Gasteiger partial charge < -0.3 is 5.48 Å². The Kier molecular flexibility index (Phi) is 15.9. The van der Waals surface area contributed by atoms with Crippen molar-refractivity contribution in [2.75, 3.05) is 0 Å². The lowest BCUT2D eigenvalue weighted by Gasteiger charge is -1.56. The zero-order valence-corrected chi connectivity index (χ0v) is 4.61. The van der Waals surface area contributed by atoms with Crippen LogP contribution in [0, 0.1) is 0 Å². The van der Waals surface area contributed by atoms with E-state index < -0.39 is 0 Å². The molecule has 0 aromatic heterocycles. The minimum Gasteiger partial charge on any atom is -0.412 e. The van der Waals surface area contributed by atoms with Crippen LogP contribution in [0.25, 0.3) is 0 Å². The first kappa shape index (κ1) is 8.97. The fourth-order valence-corrected chi connectivity index (χ4v) is 0. The quantitative estimate of drug-likeness (QED) is 0.310. The van der Waals surface area contributed by atoms with Crippen LogP contribution in [-0.2, 0) is 0 Å². The summed E-state index contributed by atoms with van der Waals surface area (Å²) in [5.74, 6) is 0. The molecular weight excluding hydrogens is 79.0 g/mol. The van der Waals surface area contributed by atoms with Crippen molar-refractivity contribution in [3.05, 3.63) is 12.7 Å². The molecule has 0 aliphatic heterocycles. The van der Waals surface area contributed by atoms with E-state index in [0.29, 0.717) is 0 Å². The third-order valence-corrected chi connectivity index (χ3v) is 0.612. The van der Waals surface area contributed by atoms with Crippen molar-refractivity contribution >= 4 is 16.3 Å². The zero-order chi connectivity index (χ0) is 3.41. The summed E-state index contributed by atoms with van der Waals surface area (Å²) in [7, 11) is 0. The van der Waals surface area contributed by atoms with Crippen molar-refractivity contribution in [1.29, 1.82) is 0 Å². The van der Waals surface area contributed by atoms with E-state index in [1.54, 1.807) is 0 Å². The largest absolute Gasteiger partial charge is 0.412 e. The number of allylic oxidation sites excluding steroid dienone is 1. The molecule has 0 aliphatic rings. The molecule has 1 nitrogen and oxygen atoms in total. The standard InChI is InChI=1S/C3H5.Al.H2O.H/c1-3-2;;;/h3H,1-2H2;;1H2;. The molecule has 0 aromatic carbocycles. The molecule has 0 saturated carbocycles. The molecule has 0 saturated heterocycles. The second kappa shape index (κ2) is 8.87. The lowest BCUT2D eigenvalue weighted by Crippen LogP contribution is -1.47. The van der Waals surface area contributed by atoms with Crippen molar-refractivity contribution in [2.45, 2.75) is 5.28 Å². The first-order valence-corrected chi connectivity index (χ1v) is 2.32. The Morgan fingerprint density at radius 2 is 2.00 bits per heavy atom. The van der Waals surface area contributed by atoms with Gasteiger partial charge in [-0.1, -0.05) is 5.28 Å². The van der Waals surface area contributed by atoms with E-state index in [2.05, 4.69) is 6.58 Å². The maximum Gasteiger partial charge on any atom is 0.179 e. The van der Waals surface area contributed by atoms with E-state index in [4.69, 9.17) is 0 Å². The van der Waals surface area contributed by atoms with E-state index in [0.717, 1.165) is 5.28 Å². The van der Waals surface area contributed by atoms with Gasteiger partial charge in [0.1, 0.15) is 0 Å². The number of rotatable bonds is 1. The summed E-state index contributed by atoms with van der Waals surface area (Å²) in [5.41, 5.74) is 0. The fraction of sp³-hybridized carbons (Fsp3) is 0.333. The molecule has 0 aromatic rings. The van der Waals surface area contributed by atoms with E-state index in [9.17, 15) is 0 Å². The van der Waals surface area contributed by atoms with Gasteiger partial charge in [-0.2, -0.15) is 0 Å². The highest BCUT2D eigenvalue weighted by atomic mass is 27.0. The molecule has 0 aliphatic carbocycles. The smallest absolute Gasteiger partial charge is 0.179 e. The average Bonchev–Trinajstić information content (AvgIpc) is 1.37. The summed E-state index contributed by atoms with van der Waals surface area (Å²) in [6.07, 6.45) is 1.89. The SMILES string of the molecule is C=C[CH2][AlH].O. The summed E-state index contributed by atoms with van der Waals surface area (Å²) < 4.78 is 0. The molecule has 0 atom stereocenters. The number of hydrogen-bond acceptors (Lipinski definition) is 0. The van der Waals surface area contributed by atoms with Crippen LogP contribution in [0.2, 0.25) is 5.28 Å². The molecule has 29 valence electrons. The first-order chi connectivity index (χ1) is 1.91. The summed E-state index contributed by atoms with van der Waals surface area (Å²) in [6, 6.07) is 0. The average molecular weight is 87.1 g/mol. The normalized spacial score (nSPS) is 4.80. The van der Waals surface area contributed by atoms with E-state index in [1.165, 1.54) is 0 Å². The van der Waals surface area contributed by atoms with Crippen molar-refractivity contribution in [1.82, 2.24) is 0 Å². The van der Waals surface area contributed by atoms with Crippen LogP contribution in [0.4, 0.5) is 0 Å². The highest BCUT2D eigenvalue weighted by molar-refractivity contribution is 6.09. The molecule has 2 heteroatoms. The van der Waals surface area contributed by atoms with Crippen LogP contribution in [0.1, 0.15) is 0 Å². The van der Waals surface area contributed by atoms with Gasteiger partial charge in [0.05, 0.1) is 0 Å². The van der Waals surface area contributed by atoms with Gasteiger partial charge >= 0.3 is 0 Å². The molecule has 0 fully saturated rings. The highest BCUT2D eigenvalue weighted by Gasteiger charge is 1.47. The Hall–Kier alpha value is 0.232. The van der Waals surface area contributed by atoms with Gasteiger partial charge in [-0.05, 0) is 0 Å². The number of hydrogen-bond donors (Lipinski definition) is 0. The zero-order valence-electron chi connectivity index (χ0n) is 3.20. The van der Waals surface area contributed by atoms with E-state index >= 15 is 0 Å². The summed E-state index contributed by atoms with van der Waals surface area (Å²) in [4.78, 5) is 0. The fourth-order valence-electron chi connectivity index (χ4n) is 0. The van der Waals surface area contributed by atoms with Gasteiger partial charge in [0, 0.05) is 0 Å². The monoisotopic (exact) mass is 87.0 g/mol. The minimum atomic E-state index is 0. The molecule has 1 radical (unpaired) electrons. The molecule has 0 bridgehead atoms. The van der Waals surface area contributed by atoms with Crippen molar-refractivity contribution in [3.63, 3.8) is 0 Å². The molecule has 5 heavy (non-hydrogen) atoms. The Bertz CT molecular complexity index is 20.9. The van der Waals surface area contributed by atoms with E-state index in [1.807, 2.05) is 22.4 Å². The van der Waals surface area contributed by atoms with Crippen LogP contribution >= 0.6 is 0 Å². The maximum absolute atomic E-state index is 3.49. The molecule has 0 heterocycles. The van der Waals surface area contributed by atoms with E-state index in [-0.39, 0.29) is 5.48 Å². The third kappa shape index (κ3) is 13.9. The van der Waals surface area contributed by atoms with Gasteiger partial charge in [0.15, 0.2) is 16.3 Å². The summed E-state index contributed by atoms with van der Waals surface area (Å²) >= 11 is 1.90. The Balaban J connectivity index is 0. The van der Waals surface area contributed by atoms with Gasteiger partial charge in [-0.3, -0.25) is 0 Å². The summed E-state index contributed by atoms with van der Waals surface area (Å²) in [6.45, 7) is 3.49. The predicted molar refractivity (Wildman–Crippen MR) is 25.8 cm³/mol. The van der Waals surface area contributed by atoms with Crippen LogP contribution in [0.15, 0.2) is 12.7 Å². The summed E-state index contributed by atoms with van der Waals surface area (Å²) in [5, 5.41) is 1.11. The van der Waals surface area contributed by atoms with Crippen LogP contribution in [-0.4, -0.2) is 21.8 Å². The van der Waals surface area contributed by atoms with Crippen LogP contribution in [0.5, 0.6) is 0 Å². The molecule has 0 amide bonds. The molecule has 0 unspecified atom stereocenters. The lowest BCUT2D eigenvalue weighted by atomic mass is 10.8. The van der Waals surface area contributed by atoms with Gasteiger partial charge in [-0.25, -0.2) is 0 Å². The second-order valence-corrected chi connectivity index (χ2v) is 1.15. The van der Waals surface area contributed by atoms with Crippen molar-refractivity contribution < 1.29 is 5.48 Å².